The summed E-state index contributed by atoms with van der Waals surface area (Å²) in [6.45, 7) is -2.16. The minimum atomic E-state index is -2.14. The molecular weight excluding hydrogens is 544 g/mol. The third kappa shape index (κ3) is 13.0. The van der Waals surface area contributed by atoms with Crippen LogP contribution in [0.5, 0.6) is 0 Å². The zero-order chi connectivity index (χ0) is 31.0. The van der Waals surface area contributed by atoms with Gasteiger partial charge in [-0.2, -0.15) is 0 Å². The zero-order valence-electron chi connectivity index (χ0n) is 21.6. The maximum atomic E-state index is 12.4. The molecule has 0 fully saturated rings. The first kappa shape index (κ1) is 37.2. The Morgan fingerprint density at radius 2 is 1.02 bits per heavy atom. The lowest BCUT2D eigenvalue weighted by molar-refractivity contribution is -0.149. The summed E-state index contributed by atoms with van der Waals surface area (Å²) in [5.74, 6) is -3.77. The third-order valence-corrected chi connectivity index (χ3v) is 5.56. The topological polar surface area (TPSA) is 324 Å². The highest BCUT2D eigenvalue weighted by molar-refractivity contribution is 5.96. The summed E-state index contributed by atoms with van der Waals surface area (Å²) in [5, 5.41) is 98.9. The van der Waals surface area contributed by atoms with E-state index < -0.39 is 85.7 Å². The molecule has 8 unspecified atom stereocenters. The van der Waals surface area contributed by atoms with Gasteiger partial charge < -0.3 is 72.3 Å². The number of amides is 4. The highest BCUT2D eigenvalue weighted by Crippen LogP contribution is 2.07. The maximum Gasteiger partial charge on any atom is 0.251 e. The molecule has 0 aliphatic rings. The smallest absolute Gasteiger partial charge is 0.251 e. The SMILES string of the molecule is NC(=O)/C=C\C(=O)N(CCCNC(=O)C(O)C(O)C(O)C(O)CO)CCCNC(=O)C(O)C(O)C(O)C(O)CO. The van der Waals surface area contributed by atoms with Gasteiger partial charge in [-0.15, -0.1) is 0 Å². The molecule has 0 rings (SSSR count). The van der Waals surface area contributed by atoms with Crippen molar-refractivity contribution in [3.63, 3.8) is 0 Å². The highest BCUT2D eigenvalue weighted by atomic mass is 16.4. The molecule has 4 amide bonds. The Morgan fingerprint density at radius 3 is 1.35 bits per heavy atom. The predicted molar refractivity (Wildman–Crippen MR) is 132 cm³/mol. The van der Waals surface area contributed by atoms with Crippen LogP contribution >= 0.6 is 0 Å². The van der Waals surface area contributed by atoms with Gasteiger partial charge in [-0.1, -0.05) is 0 Å². The van der Waals surface area contributed by atoms with Crippen molar-refractivity contribution in [1.82, 2.24) is 15.5 Å². The van der Waals surface area contributed by atoms with Crippen LogP contribution in [-0.4, -0.2) is 168 Å². The van der Waals surface area contributed by atoms with E-state index in [2.05, 4.69) is 10.6 Å². The lowest BCUT2D eigenvalue weighted by atomic mass is 10.0. The molecule has 40 heavy (non-hydrogen) atoms. The van der Waals surface area contributed by atoms with Crippen LogP contribution < -0.4 is 16.4 Å². The van der Waals surface area contributed by atoms with E-state index in [4.69, 9.17) is 15.9 Å². The molecule has 0 aliphatic heterocycles. The first-order valence-electron chi connectivity index (χ1n) is 12.2. The highest BCUT2D eigenvalue weighted by Gasteiger charge is 2.35. The molecule has 8 atom stereocenters. The molecular formula is C22H40N4O14. The maximum absolute atomic E-state index is 12.4. The monoisotopic (exact) mass is 584 g/mol. The van der Waals surface area contributed by atoms with E-state index in [0.29, 0.717) is 0 Å². The third-order valence-electron chi connectivity index (χ3n) is 5.56. The Labute approximate surface area is 229 Å². The standard InChI is InChI=1S/C22H40N4O14/c23-13(31)3-4-14(32)26(7-1-5-24-21(39)19(37)17(35)15(33)11(29)9-27)8-2-6-25-22(40)20(38)18(36)16(34)12(30)10-28/h3-4,11-12,15-20,27-30,33-38H,1-2,5-10H2,(H2,23,31)(H,24,39)(H,25,40)/b4-3-. The van der Waals surface area contributed by atoms with Crippen LogP contribution in [0.2, 0.25) is 0 Å². The molecule has 0 radical (unpaired) electrons. The second-order valence-electron chi connectivity index (χ2n) is 8.70. The van der Waals surface area contributed by atoms with Gasteiger partial charge in [-0.25, -0.2) is 0 Å². The van der Waals surface area contributed by atoms with Crippen molar-refractivity contribution in [2.24, 2.45) is 5.73 Å². The first-order chi connectivity index (χ1) is 18.7. The van der Waals surface area contributed by atoms with Gasteiger partial charge in [0.2, 0.25) is 11.8 Å². The van der Waals surface area contributed by atoms with Gasteiger partial charge in [0.15, 0.2) is 12.2 Å². The van der Waals surface area contributed by atoms with Gasteiger partial charge in [0.05, 0.1) is 13.2 Å². The van der Waals surface area contributed by atoms with Crippen molar-refractivity contribution in [3.8, 4) is 0 Å². The van der Waals surface area contributed by atoms with Crippen molar-refractivity contribution in [2.75, 3.05) is 39.4 Å². The quantitative estimate of drug-likeness (QED) is 0.0467. The average molecular weight is 585 g/mol. The summed E-state index contributed by atoms with van der Waals surface area (Å²) < 4.78 is 0. The van der Waals surface area contributed by atoms with Gasteiger partial charge in [-0.3, -0.25) is 19.2 Å². The summed E-state index contributed by atoms with van der Waals surface area (Å²) >= 11 is 0. The average Bonchev–Trinajstić information content (AvgIpc) is 2.95. The fraction of sp³-hybridized carbons (Fsp3) is 0.727. The number of nitrogens with zero attached hydrogens (tertiary/aromatic N) is 1. The normalized spacial score (nSPS) is 17.6. The molecule has 0 aliphatic carbocycles. The Morgan fingerprint density at radius 1 is 0.650 bits per heavy atom. The van der Waals surface area contributed by atoms with Crippen LogP contribution in [-0.2, 0) is 19.2 Å². The summed E-state index contributed by atoms with van der Waals surface area (Å²) in [4.78, 5) is 48.5. The van der Waals surface area contributed by atoms with E-state index in [-0.39, 0.29) is 39.0 Å². The van der Waals surface area contributed by atoms with Gasteiger partial charge >= 0.3 is 0 Å². The van der Waals surface area contributed by atoms with Crippen LogP contribution in [0.3, 0.4) is 0 Å². The molecule has 0 saturated carbocycles. The molecule has 0 saturated heterocycles. The van der Waals surface area contributed by atoms with Crippen molar-refractivity contribution < 1.29 is 70.2 Å². The summed E-state index contributed by atoms with van der Waals surface area (Å²) in [5.41, 5.74) is 4.98. The number of carbonyl (C=O) groups is 4. The summed E-state index contributed by atoms with van der Waals surface area (Å²) in [6, 6.07) is 0. The molecule has 0 aromatic rings. The molecule has 18 nitrogen and oxygen atoms in total. The van der Waals surface area contributed by atoms with E-state index in [9.17, 15) is 60.0 Å². The van der Waals surface area contributed by atoms with Gasteiger partial charge in [-0.05, 0) is 12.8 Å². The molecule has 0 aromatic carbocycles. The van der Waals surface area contributed by atoms with Crippen LogP contribution in [0.25, 0.3) is 0 Å². The number of nitrogens with two attached hydrogens (primary N) is 1. The first-order valence-corrected chi connectivity index (χ1v) is 12.2. The number of carbonyl (C=O) groups excluding carboxylic acids is 4. The van der Waals surface area contributed by atoms with Gasteiger partial charge in [0.25, 0.3) is 11.8 Å². The predicted octanol–water partition coefficient (Wildman–Crippen LogP) is -8.26. The number of aliphatic hydroxyl groups excluding tert-OH is 10. The number of nitrogens with one attached hydrogen (secondary N) is 2. The van der Waals surface area contributed by atoms with Crippen LogP contribution in [0.4, 0.5) is 0 Å². The van der Waals surface area contributed by atoms with Crippen LogP contribution in [0.15, 0.2) is 12.2 Å². The van der Waals surface area contributed by atoms with Crippen LogP contribution in [0, 0.1) is 0 Å². The molecule has 14 N–H and O–H groups in total. The van der Waals surface area contributed by atoms with Crippen LogP contribution in [0.1, 0.15) is 12.8 Å². The Bertz CT molecular complexity index is 783. The van der Waals surface area contributed by atoms with Crippen molar-refractivity contribution in [1.29, 1.82) is 0 Å². The minimum absolute atomic E-state index is 0.0206. The van der Waals surface area contributed by atoms with Crippen molar-refractivity contribution >= 4 is 23.6 Å². The van der Waals surface area contributed by atoms with Crippen molar-refractivity contribution in [3.05, 3.63) is 12.2 Å². The largest absolute Gasteiger partial charge is 0.394 e. The molecule has 0 bridgehead atoms. The lowest BCUT2D eigenvalue weighted by Gasteiger charge is -2.25. The number of aliphatic hydroxyl groups is 10. The van der Waals surface area contributed by atoms with E-state index in [1.807, 2.05) is 0 Å². The fourth-order valence-corrected chi connectivity index (χ4v) is 3.12. The Hall–Kier alpha value is -2.78. The molecule has 18 heteroatoms. The number of rotatable bonds is 20. The van der Waals surface area contributed by atoms with Gasteiger partial charge in [0, 0.05) is 38.3 Å². The van der Waals surface area contributed by atoms with E-state index in [1.165, 1.54) is 4.90 Å². The van der Waals surface area contributed by atoms with E-state index >= 15 is 0 Å². The molecule has 0 aromatic heterocycles. The number of primary amides is 1. The minimum Gasteiger partial charge on any atom is -0.394 e. The molecule has 0 spiro atoms. The number of hydrogen-bond acceptors (Lipinski definition) is 14. The van der Waals surface area contributed by atoms with E-state index in [1.54, 1.807) is 0 Å². The second-order valence-corrected chi connectivity index (χ2v) is 8.70. The fourth-order valence-electron chi connectivity index (χ4n) is 3.12. The zero-order valence-corrected chi connectivity index (χ0v) is 21.6. The van der Waals surface area contributed by atoms with Crippen molar-refractivity contribution in [2.45, 2.75) is 61.7 Å². The summed E-state index contributed by atoms with van der Waals surface area (Å²) in [7, 11) is 0. The van der Waals surface area contributed by atoms with E-state index in [0.717, 1.165) is 12.2 Å². The second kappa shape index (κ2) is 19.3. The Balaban J connectivity index is 4.87. The Kier molecular flexibility index (Phi) is 18.0. The summed E-state index contributed by atoms with van der Waals surface area (Å²) in [6.07, 6.45) is -14.2. The molecule has 232 valence electrons. The van der Waals surface area contributed by atoms with Gasteiger partial charge in [0.1, 0.15) is 36.6 Å². The number of hydrogen-bond donors (Lipinski definition) is 13. The lowest BCUT2D eigenvalue weighted by Crippen LogP contribution is -2.52. The molecule has 0 heterocycles.